The molecular weight excluding hydrogens is 405 g/mol. The Hall–Kier alpha value is -2.55. The Kier molecular flexibility index (Phi) is 6.16. The molecule has 0 heterocycles. The van der Waals surface area contributed by atoms with Crippen LogP contribution in [0.5, 0.6) is 0 Å². The minimum Gasteiger partial charge on any atom is -0.349 e. The summed E-state index contributed by atoms with van der Waals surface area (Å²) in [6.07, 6.45) is -3.45. The monoisotopic (exact) mass is 426 g/mol. The maximum atomic E-state index is 12.9. The first-order valence-electron chi connectivity index (χ1n) is 9.21. The molecule has 1 aliphatic rings. The molecule has 156 valence electrons. The van der Waals surface area contributed by atoms with Crippen LogP contribution in [-0.2, 0) is 10.0 Å². The van der Waals surface area contributed by atoms with Gasteiger partial charge in [0.05, 0.1) is 10.8 Å². The number of carbonyl (C=O) groups excluding carboxylic acids is 1. The number of rotatable bonds is 5. The number of sulfonamides is 1. The molecule has 0 spiro atoms. The summed E-state index contributed by atoms with van der Waals surface area (Å²) in [5, 5.41) is 2.64. The second kappa shape index (κ2) is 8.44. The van der Waals surface area contributed by atoms with Crippen LogP contribution in [-0.4, -0.2) is 26.5 Å². The predicted molar refractivity (Wildman–Crippen MR) is 103 cm³/mol. The van der Waals surface area contributed by atoms with E-state index in [9.17, 15) is 26.4 Å². The first-order valence-corrected chi connectivity index (χ1v) is 10.7. The Balaban J connectivity index is 1.68. The van der Waals surface area contributed by atoms with Crippen molar-refractivity contribution >= 4 is 21.6 Å². The van der Waals surface area contributed by atoms with Crippen molar-refractivity contribution in [3.05, 3.63) is 60.2 Å². The molecule has 0 saturated heterocycles. The molecule has 1 saturated carbocycles. The van der Waals surface area contributed by atoms with E-state index >= 15 is 0 Å². The lowest BCUT2D eigenvalue weighted by atomic mass is 9.85. The molecule has 1 amide bonds. The molecule has 9 heteroatoms. The number of amides is 1. The third kappa shape index (κ3) is 5.50. The molecule has 5 nitrogen and oxygen atoms in total. The summed E-state index contributed by atoms with van der Waals surface area (Å²) in [6.45, 7) is 0. The van der Waals surface area contributed by atoms with Gasteiger partial charge >= 0.3 is 6.18 Å². The number of anilines is 1. The van der Waals surface area contributed by atoms with Crippen molar-refractivity contribution in [2.24, 2.45) is 5.92 Å². The zero-order valence-electron chi connectivity index (χ0n) is 15.4. The zero-order valence-corrected chi connectivity index (χ0v) is 16.3. The molecule has 0 aliphatic heterocycles. The van der Waals surface area contributed by atoms with Gasteiger partial charge in [-0.25, -0.2) is 8.42 Å². The van der Waals surface area contributed by atoms with Gasteiger partial charge in [-0.2, -0.15) is 13.2 Å². The van der Waals surface area contributed by atoms with Crippen LogP contribution in [0.15, 0.2) is 59.5 Å². The highest BCUT2D eigenvalue weighted by atomic mass is 32.2. The van der Waals surface area contributed by atoms with Crippen molar-refractivity contribution in [2.75, 3.05) is 4.72 Å². The van der Waals surface area contributed by atoms with Crippen molar-refractivity contribution in [2.45, 2.75) is 42.8 Å². The summed E-state index contributed by atoms with van der Waals surface area (Å²) in [5.41, 5.74) is 0.366. The van der Waals surface area contributed by atoms with Crippen LogP contribution < -0.4 is 10.0 Å². The summed E-state index contributed by atoms with van der Waals surface area (Å²) in [6, 6.07) is 13.1. The van der Waals surface area contributed by atoms with Gasteiger partial charge in [-0.15, -0.1) is 0 Å². The number of nitrogens with one attached hydrogen (secondary N) is 2. The third-order valence-corrected chi connectivity index (χ3v) is 6.30. The van der Waals surface area contributed by atoms with Crippen LogP contribution in [0.1, 0.15) is 36.0 Å². The van der Waals surface area contributed by atoms with Gasteiger partial charge in [0.15, 0.2) is 0 Å². The van der Waals surface area contributed by atoms with Crippen molar-refractivity contribution in [3.63, 3.8) is 0 Å². The fourth-order valence-corrected chi connectivity index (χ4v) is 4.50. The van der Waals surface area contributed by atoms with Crippen molar-refractivity contribution in [1.82, 2.24) is 5.32 Å². The van der Waals surface area contributed by atoms with E-state index in [1.165, 1.54) is 36.4 Å². The number of halogens is 3. The maximum absolute atomic E-state index is 12.9. The highest BCUT2D eigenvalue weighted by Crippen LogP contribution is 2.37. The van der Waals surface area contributed by atoms with E-state index in [0.29, 0.717) is 12.8 Å². The number of alkyl halides is 3. The number of hydrogen-bond donors (Lipinski definition) is 2. The van der Waals surface area contributed by atoms with Crippen molar-refractivity contribution < 1.29 is 26.4 Å². The van der Waals surface area contributed by atoms with E-state index in [-0.39, 0.29) is 29.0 Å². The molecule has 1 fully saturated rings. The van der Waals surface area contributed by atoms with Crippen LogP contribution in [0.25, 0.3) is 0 Å². The van der Waals surface area contributed by atoms with E-state index in [4.69, 9.17) is 0 Å². The Labute approximate surface area is 167 Å². The summed E-state index contributed by atoms with van der Waals surface area (Å²) in [7, 11) is -3.81. The van der Waals surface area contributed by atoms with E-state index in [1.54, 1.807) is 18.2 Å². The fraction of sp³-hybridized carbons (Fsp3) is 0.350. The predicted octanol–water partition coefficient (Wildman–Crippen LogP) is 4.34. The normalized spacial score (nSPS) is 20.1. The Morgan fingerprint density at radius 1 is 1.00 bits per heavy atom. The molecule has 2 atom stereocenters. The lowest BCUT2D eigenvalue weighted by molar-refractivity contribution is -0.183. The second-order valence-electron chi connectivity index (χ2n) is 7.07. The summed E-state index contributed by atoms with van der Waals surface area (Å²) >= 11 is 0. The van der Waals surface area contributed by atoms with Gasteiger partial charge in [0.25, 0.3) is 15.9 Å². The Morgan fingerprint density at radius 3 is 2.41 bits per heavy atom. The van der Waals surface area contributed by atoms with Crippen molar-refractivity contribution in [3.8, 4) is 0 Å². The molecule has 2 N–H and O–H groups in total. The van der Waals surface area contributed by atoms with E-state index in [0.717, 1.165) is 0 Å². The Morgan fingerprint density at radius 2 is 1.72 bits per heavy atom. The molecule has 0 bridgehead atoms. The second-order valence-corrected chi connectivity index (χ2v) is 8.76. The number of hydrogen-bond acceptors (Lipinski definition) is 3. The molecule has 2 aromatic carbocycles. The molecule has 0 aromatic heterocycles. The van der Waals surface area contributed by atoms with E-state index < -0.39 is 34.1 Å². The van der Waals surface area contributed by atoms with Gasteiger partial charge in [0.2, 0.25) is 0 Å². The molecule has 1 aliphatic carbocycles. The zero-order chi connectivity index (χ0) is 21.1. The van der Waals surface area contributed by atoms with Crippen LogP contribution in [0, 0.1) is 5.92 Å². The largest absolute Gasteiger partial charge is 0.391 e. The third-order valence-electron chi connectivity index (χ3n) is 4.90. The number of carbonyl (C=O) groups is 1. The van der Waals surface area contributed by atoms with Crippen LogP contribution in [0.4, 0.5) is 18.9 Å². The SMILES string of the molecule is O=C(N[C@@H]1CCC[C@@H](C(F)(F)F)C1)c1cccc(NS(=O)(=O)c2ccccc2)c1. The molecule has 3 rings (SSSR count). The molecule has 2 aromatic rings. The first kappa shape index (κ1) is 21.2. The Bertz CT molecular complexity index is 962. The topological polar surface area (TPSA) is 75.3 Å². The minimum absolute atomic E-state index is 0.0760. The van der Waals surface area contributed by atoms with Gasteiger partial charge in [-0.1, -0.05) is 30.7 Å². The summed E-state index contributed by atoms with van der Waals surface area (Å²) in [5.74, 6) is -1.94. The molecule has 0 radical (unpaired) electrons. The molecule has 0 unspecified atom stereocenters. The van der Waals surface area contributed by atoms with E-state index in [2.05, 4.69) is 10.0 Å². The summed E-state index contributed by atoms with van der Waals surface area (Å²) in [4.78, 5) is 12.6. The molecule has 29 heavy (non-hydrogen) atoms. The van der Waals surface area contributed by atoms with Gasteiger partial charge in [0, 0.05) is 17.3 Å². The average molecular weight is 426 g/mol. The summed E-state index contributed by atoms with van der Waals surface area (Å²) < 4.78 is 66.1. The van der Waals surface area contributed by atoms with E-state index in [1.807, 2.05) is 0 Å². The smallest absolute Gasteiger partial charge is 0.349 e. The quantitative estimate of drug-likeness (QED) is 0.747. The molecular formula is C20H21F3N2O3S. The van der Waals surface area contributed by atoms with Crippen LogP contribution >= 0.6 is 0 Å². The van der Waals surface area contributed by atoms with Gasteiger partial charge in [-0.05, 0) is 49.6 Å². The van der Waals surface area contributed by atoms with Gasteiger partial charge in [-0.3, -0.25) is 9.52 Å². The van der Waals surface area contributed by atoms with Gasteiger partial charge in [0.1, 0.15) is 0 Å². The fourth-order valence-electron chi connectivity index (χ4n) is 3.42. The van der Waals surface area contributed by atoms with Gasteiger partial charge < -0.3 is 5.32 Å². The average Bonchev–Trinajstić information content (AvgIpc) is 2.68. The maximum Gasteiger partial charge on any atom is 0.391 e. The van der Waals surface area contributed by atoms with Crippen LogP contribution in [0.3, 0.4) is 0 Å². The first-order chi connectivity index (χ1) is 13.6. The highest BCUT2D eigenvalue weighted by molar-refractivity contribution is 7.92. The minimum atomic E-state index is -4.26. The lowest BCUT2D eigenvalue weighted by Gasteiger charge is -2.31. The number of benzene rings is 2. The van der Waals surface area contributed by atoms with Crippen LogP contribution in [0.2, 0.25) is 0 Å². The lowest BCUT2D eigenvalue weighted by Crippen LogP contribution is -2.41. The van der Waals surface area contributed by atoms with Crippen molar-refractivity contribution in [1.29, 1.82) is 0 Å². The highest BCUT2D eigenvalue weighted by Gasteiger charge is 2.42. The standard InChI is InChI=1S/C20H21F3N2O3S/c21-20(22,23)15-7-5-8-16(13-15)24-19(26)14-6-4-9-17(12-14)25-29(27,28)18-10-2-1-3-11-18/h1-4,6,9-12,15-16,25H,5,7-8,13H2,(H,24,26)/t15-,16-/m1/s1.